The number of carboxylic acids is 1. The van der Waals surface area contributed by atoms with Crippen molar-refractivity contribution in [1.29, 1.82) is 0 Å². The van der Waals surface area contributed by atoms with Crippen molar-refractivity contribution in [2.75, 3.05) is 0 Å². The van der Waals surface area contributed by atoms with E-state index in [1.54, 1.807) is 13.8 Å². The first-order valence-electron chi connectivity index (χ1n) is 8.90. The van der Waals surface area contributed by atoms with Crippen LogP contribution in [0.5, 0.6) is 5.75 Å². The number of halogens is 1. The second-order valence-corrected chi connectivity index (χ2v) is 8.26. The number of hydrogen-bond acceptors (Lipinski definition) is 4. The quantitative estimate of drug-likeness (QED) is 0.540. The first-order chi connectivity index (χ1) is 13.2. The minimum atomic E-state index is -1.29. The lowest BCUT2D eigenvalue weighted by atomic mass is 10.0. The largest absolute Gasteiger partial charge is 0.478 e. The molecule has 0 fully saturated rings. The summed E-state index contributed by atoms with van der Waals surface area (Å²) in [6.45, 7) is 6.92. The maximum atomic E-state index is 11.3. The number of aryl methyl sites for hydroxylation is 2. The number of aromatic nitrogens is 1. The van der Waals surface area contributed by atoms with Crippen LogP contribution in [0.15, 0.2) is 51.5 Å². The van der Waals surface area contributed by atoms with Gasteiger partial charge < -0.3 is 14.4 Å². The van der Waals surface area contributed by atoms with Crippen molar-refractivity contribution in [3.8, 4) is 17.1 Å². The third-order valence-corrected chi connectivity index (χ3v) is 4.99. The summed E-state index contributed by atoms with van der Waals surface area (Å²) in [5, 5.41) is 13.5. The zero-order valence-corrected chi connectivity index (χ0v) is 17.8. The van der Waals surface area contributed by atoms with Gasteiger partial charge in [0.25, 0.3) is 0 Å². The zero-order chi connectivity index (χ0) is 20.5. The van der Waals surface area contributed by atoms with E-state index in [9.17, 15) is 9.90 Å². The Morgan fingerprint density at radius 1 is 1.14 bits per heavy atom. The van der Waals surface area contributed by atoms with Crippen LogP contribution in [-0.2, 0) is 11.2 Å². The molecular formula is C22H22BrNO4. The van der Waals surface area contributed by atoms with Gasteiger partial charge in [0.2, 0.25) is 0 Å². The van der Waals surface area contributed by atoms with Crippen molar-refractivity contribution >= 4 is 21.9 Å². The van der Waals surface area contributed by atoms with E-state index < -0.39 is 11.6 Å². The highest BCUT2D eigenvalue weighted by Crippen LogP contribution is 2.30. The second-order valence-electron chi connectivity index (χ2n) is 7.34. The van der Waals surface area contributed by atoms with E-state index >= 15 is 0 Å². The summed E-state index contributed by atoms with van der Waals surface area (Å²) in [4.78, 5) is 11.3. The summed E-state index contributed by atoms with van der Waals surface area (Å²) < 4.78 is 12.3. The summed E-state index contributed by atoms with van der Waals surface area (Å²) in [6.07, 6.45) is 0.615. The first kappa shape index (κ1) is 20.1. The molecule has 5 nitrogen and oxygen atoms in total. The second kappa shape index (κ2) is 7.80. The molecule has 0 unspecified atom stereocenters. The Labute approximate surface area is 172 Å². The van der Waals surface area contributed by atoms with E-state index in [0.717, 1.165) is 38.2 Å². The first-order valence-corrected chi connectivity index (χ1v) is 9.69. The Hall–Kier alpha value is -2.60. The van der Waals surface area contributed by atoms with Crippen LogP contribution in [0.25, 0.3) is 11.3 Å². The third-order valence-electron chi connectivity index (χ3n) is 4.47. The van der Waals surface area contributed by atoms with Crippen molar-refractivity contribution in [2.24, 2.45) is 0 Å². The number of ether oxygens (including phenoxy) is 1. The van der Waals surface area contributed by atoms with Crippen LogP contribution in [0.4, 0.5) is 0 Å². The molecule has 0 radical (unpaired) electrons. The van der Waals surface area contributed by atoms with Gasteiger partial charge in [0.15, 0.2) is 11.4 Å². The number of carboxylic acid groups (broad SMARTS) is 1. The van der Waals surface area contributed by atoms with Gasteiger partial charge in [-0.05, 0) is 56.5 Å². The number of hydrogen-bond donors (Lipinski definition) is 1. The van der Waals surface area contributed by atoms with E-state index in [1.165, 1.54) is 0 Å². The number of nitrogens with zero attached hydrogens (tertiary/aromatic N) is 1. The fraction of sp³-hybridized carbons (Fsp3) is 0.273. The number of carbonyl (C=O) groups is 1. The van der Waals surface area contributed by atoms with Crippen LogP contribution in [0, 0.1) is 13.8 Å². The molecule has 3 rings (SSSR count). The van der Waals surface area contributed by atoms with E-state index in [-0.39, 0.29) is 0 Å². The van der Waals surface area contributed by atoms with Gasteiger partial charge in [-0.25, -0.2) is 4.79 Å². The Kier molecular flexibility index (Phi) is 5.61. The highest BCUT2D eigenvalue weighted by Gasteiger charge is 2.30. The molecule has 1 aromatic heterocycles. The molecule has 1 heterocycles. The molecule has 0 aliphatic carbocycles. The number of benzene rings is 2. The molecule has 0 aliphatic rings. The molecule has 0 amide bonds. The highest BCUT2D eigenvalue weighted by molar-refractivity contribution is 9.10. The van der Waals surface area contributed by atoms with Gasteiger partial charge in [0.05, 0.1) is 5.69 Å². The molecule has 0 spiro atoms. The monoisotopic (exact) mass is 443 g/mol. The Balaban J connectivity index is 1.80. The maximum Gasteiger partial charge on any atom is 0.347 e. The lowest BCUT2D eigenvalue weighted by Gasteiger charge is -2.24. The third kappa shape index (κ3) is 4.44. The van der Waals surface area contributed by atoms with Crippen LogP contribution in [0.1, 0.15) is 36.2 Å². The molecule has 0 aliphatic heterocycles. The summed E-state index contributed by atoms with van der Waals surface area (Å²) in [6, 6.07) is 13.8. The normalized spacial score (nSPS) is 11.5. The smallest absolute Gasteiger partial charge is 0.347 e. The number of aliphatic carboxylic acids is 1. The van der Waals surface area contributed by atoms with Crippen LogP contribution in [0.2, 0.25) is 0 Å². The number of rotatable bonds is 6. The molecule has 6 heteroatoms. The lowest BCUT2D eigenvalue weighted by molar-refractivity contribution is -0.152. The molecule has 0 saturated heterocycles. The van der Waals surface area contributed by atoms with Crippen LogP contribution in [0.3, 0.4) is 0 Å². The SMILES string of the molecule is Cc1cc(Cc2cc(-c3ccc(Br)cc3)on2)cc(C)c1OC(C)(C)C(=O)O. The van der Waals surface area contributed by atoms with Crippen molar-refractivity contribution in [2.45, 2.75) is 39.7 Å². The Morgan fingerprint density at radius 3 is 2.32 bits per heavy atom. The van der Waals surface area contributed by atoms with Crippen molar-refractivity contribution < 1.29 is 19.2 Å². The predicted molar refractivity (Wildman–Crippen MR) is 111 cm³/mol. The maximum absolute atomic E-state index is 11.3. The molecule has 0 bridgehead atoms. The van der Waals surface area contributed by atoms with Crippen molar-refractivity contribution in [3.63, 3.8) is 0 Å². The van der Waals surface area contributed by atoms with Gasteiger partial charge in [-0.3, -0.25) is 0 Å². The Bertz CT molecular complexity index is 983. The summed E-state index contributed by atoms with van der Waals surface area (Å²) >= 11 is 3.42. The van der Waals surface area contributed by atoms with E-state index in [0.29, 0.717) is 12.2 Å². The zero-order valence-electron chi connectivity index (χ0n) is 16.2. The van der Waals surface area contributed by atoms with Gasteiger partial charge in [0, 0.05) is 22.5 Å². The van der Waals surface area contributed by atoms with Gasteiger partial charge in [-0.15, -0.1) is 0 Å². The highest BCUT2D eigenvalue weighted by atomic mass is 79.9. The fourth-order valence-corrected chi connectivity index (χ4v) is 3.22. The summed E-state index contributed by atoms with van der Waals surface area (Å²) in [5.74, 6) is 0.324. The van der Waals surface area contributed by atoms with Gasteiger partial charge >= 0.3 is 5.97 Å². The molecule has 2 aromatic carbocycles. The van der Waals surface area contributed by atoms with Gasteiger partial charge in [-0.2, -0.15) is 0 Å². The molecule has 28 heavy (non-hydrogen) atoms. The van der Waals surface area contributed by atoms with Crippen molar-refractivity contribution in [3.05, 3.63) is 69.3 Å². The van der Waals surface area contributed by atoms with E-state index in [4.69, 9.17) is 9.26 Å². The molecule has 0 atom stereocenters. The molecule has 1 N–H and O–H groups in total. The average Bonchev–Trinajstić information content (AvgIpc) is 3.07. The lowest BCUT2D eigenvalue weighted by Crippen LogP contribution is -2.38. The minimum Gasteiger partial charge on any atom is -0.478 e. The van der Waals surface area contributed by atoms with Gasteiger partial charge in [0.1, 0.15) is 5.75 Å². The standard InChI is InChI=1S/C22H22BrNO4/c1-13-9-15(10-14(2)20(13)27-22(3,4)21(25)26)11-18-12-19(28-24-18)16-5-7-17(23)8-6-16/h5-10,12H,11H2,1-4H3,(H,25,26). The molecular weight excluding hydrogens is 422 g/mol. The molecule has 0 saturated carbocycles. The van der Waals surface area contributed by atoms with Crippen LogP contribution >= 0.6 is 15.9 Å². The Morgan fingerprint density at radius 2 is 1.75 bits per heavy atom. The van der Waals surface area contributed by atoms with E-state index in [2.05, 4.69) is 21.1 Å². The average molecular weight is 444 g/mol. The summed E-state index contributed by atoms with van der Waals surface area (Å²) in [7, 11) is 0. The molecule has 146 valence electrons. The molecule has 3 aromatic rings. The van der Waals surface area contributed by atoms with Crippen LogP contribution < -0.4 is 4.74 Å². The van der Waals surface area contributed by atoms with Crippen LogP contribution in [-0.4, -0.2) is 21.8 Å². The topological polar surface area (TPSA) is 72.6 Å². The summed E-state index contributed by atoms with van der Waals surface area (Å²) in [5.41, 5.74) is 3.35. The fourth-order valence-electron chi connectivity index (χ4n) is 2.96. The van der Waals surface area contributed by atoms with E-state index in [1.807, 2.05) is 56.3 Å². The predicted octanol–water partition coefficient (Wildman–Crippen LogP) is 5.55. The van der Waals surface area contributed by atoms with Gasteiger partial charge in [-0.1, -0.05) is 45.4 Å². The van der Waals surface area contributed by atoms with Crippen molar-refractivity contribution in [1.82, 2.24) is 5.16 Å². The minimum absolute atomic E-state index is 0.604.